The fourth-order valence-electron chi connectivity index (χ4n) is 1.64. The quantitative estimate of drug-likeness (QED) is 0.818. The lowest BCUT2D eigenvalue weighted by atomic mass is 10.2. The Morgan fingerprint density at radius 3 is 2.80 bits per heavy atom. The third-order valence-corrected chi connectivity index (χ3v) is 3.68. The summed E-state index contributed by atoms with van der Waals surface area (Å²) >= 11 is 1.17. The van der Waals surface area contributed by atoms with Gasteiger partial charge in [-0.25, -0.2) is 0 Å². The molecule has 0 fully saturated rings. The van der Waals surface area contributed by atoms with Gasteiger partial charge in [-0.2, -0.15) is 4.98 Å². The van der Waals surface area contributed by atoms with Crippen molar-refractivity contribution in [2.24, 2.45) is 5.92 Å². The second kappa shape index (κ2) is 6.32. The molecule has 20 heavy (non-hydrogen) atoms. The summed E-state index contributed by atoms with van der Waals surface area (Å²) in [5, 5.41) is 5.72. The summed E-state index contributed by atoms with van der Waals surface area (Å²) in [6, 6.07) is 0. The van der Waals surface area contributed by atoms with Gasteiger partial charge in [-0.05, 0) is 19.8 Å². The lowest BCUT2D eigenvalue weighted by molar-refractivity contribution is 0.0402. The van der Waals surface area contributed by atoms with Gasteiger partial charge >= 0.3 is 4.87 Å². The van der Waals surface area contributed by atoms with Gasteiger partial charge < -0.3 is 9.26 Å². The van der Waals surface area contributed by atoms with Crippen molar-refractivity contribution in [3.05, 3.63) is 32.5 Å². The van der Waals surface area contributed by atoms with Crippen LogP contribution in [0.2, 0.25) is 0 Å². The van der Waals surface area contributed by atoms with Crippen molar-refractivity contribution in [3.8, 4) is 0 Å². The van der Waals surface area contributed by atoms with Crippen LogP contribution in [0.15, 0.2) is 14.7 Å². The zero-order valence-corrected chi connectivity index (χ0v) is 12.9. The third-order valence-electron chi connectivity index (χ3n) is 2.80. The number of aromatic nitrogens is 3. The second-order valence-electron chi connectivity index (χ2n) is 5.14. The minimum atomic E-state index is -0.213. The van der Waals surface area contributed by atoms with Gasteiger partial charge in [0, 0.05) is 17.7 Å². The zero-order chi connectivity index (χ0) is 14.7. The Balaban J connectivity index is 2.04. The molecule has 0 aliphatic heterocycles. The maximum atomic E-state index is 11.6. The molecule has 2 heterocycles. The number of rotatable bonds is 6. The molecule has 0 aliphatic carbocycles. The first-order chi connectivity index (χ1) is 9.47. The highest BCUT2D eigenvalue weighted by Crippen LogP contribution is 2.15. The Morgan fingerprint density at radius 2 is 2.20 bits per heavy atom. The van der Waals surface area contributed by atoms with Crippen LogP contribution in [-0.2, 0) is 11.3 Å². The SMILES string of the molecule is Cc1csc(=O)n1Cc1nc([C@@H](C)OCC(C)C)no1. The number of hydrogen-bond acceptors (Lipinski definition) is 6. The van der Waals surface area contributed by atoms with Crippen molar-refractivity contribution in [2.75, 3.05) is 6.61 Å². The van der Waals surface area contributed by atoms with Crippen LogP contribution in [-0.4, -0.2) is 21.3 Å². The highest BCUT2D eigenvalue weighted by atomic mass is 32.1. The third kappa shape index (κ3) is 3.55. The molecule has 0 saturated carbocycles. The molecule has 110 valence electrons. The van der Waals surface area contributed by atoms with Crippen LogP contribution in [0.5, 0.6) is 0 Å². The fraction of sp³-hybridized carbons (Fsp3) is 0.615. The van der Waals surface area contributed by atoms with Crippen LogP contribution in [0, 0.1) is 12.8 Å². The number of ether oxygens (including phenoxy) is 1. The lowest BCUT2D eigenvalue weighted by Crippen LogP contribution is -2.15. The van der Waals surface area contributed by atoms with E-state index >= 15 is 0 Å². The van der Waals surface area contributed by atoms with E-state index in [1.54, 1.807) is 4.57 Å². The topological polar surface area (TPSA) is 70.2 Å². The van der Waals surface area contributed by atoms with Crippen molar-refractivity contribution < 1.29 is 9.26 Å². The van der Waals surface area contributed by atoms with E-state index in [-0.39, 0.29) is 11.0 Å². The van der Waals surface area contributed by atoms with E-state index in [4.69, 9.17) is 9.26 Å². The maximum Gasteiger partial charge on any atom is 0.307 e. The van der Waals surface area contributed by atoms with Crippen molar-refractivity contribution in [1.29, 1.82) is 0 Å². The second-order valence-corrected chi connectivity index (χ2v) is 5.97. The van der Waals surface area contributed by atoms with E-state index in [2.05, 4.69) is 24.0 Å². The first kappa shape index (κ1) is 14.9. The van der Waals surface area contributed by atoms with E-state index in [0.29, 0.717) is 30.8 Å². The molecule has 2 rings (SSSR count). The smallest absolute Gasteiger partial charge is 0.307 e. The molecule has 0 saturated heterocycles. The average Bonchev–Trinajstić information content (AvgIpc) is 2.98. The number of hydrogen-bond donors (Lipinski definition) is 0. The van der Waals surface area contributed by atoms with Crippen molar-refractivity contribution in [1.82, 2.24) is 14.7 Å². The molecule has 0 aliphatic rings. The number of nitrogens with zero attached hydrogens (tertiary/aromatic N) is 3. The molecule has 1 atom stereocenters. The molecule has 0 bridgehead atoms. The summed E-state index contributed by atoms with van der Waals surface area (Å²) in [5.41, 5.74) is 0.892. The molecular weight excluding hydrogens is 278 g/mol. The Kier molecular flexibility index (Phi) is 4.72. The summed E-state index contributed by atoms with van der Waals surface area (Å²) in [7, 11) is 0. The Morgan fingerprint density at radius 1 is 1.45 bits per heavy atom. The van der Waals surface area contributed by atoms with Gasteiger partial charge in [0.15, 0.2) is 5.82 Å². The minimum absolute atomic E-state index is 0.0219. The molecule has 0 aromatic carbocycles. The Bertz CT molecular complexity index is 614. The normalized spacial score (nSPS) is 13.1. The Labute approximate surface area is 121 Å². The molecule has 6 nitrogen and oxygen atoms in total. The number of thiazole rings is 1. The van der Waals surface area contributed by atoms with E-state index < -0.39 is 0 Å². The highest BCUT2D eigenvalue weighted by Gasteiger charge is 2.16. The summed E-state index contributed by atoms with van der Waals surface area (Å²) in [5.74, 6) is 1.39. The first-order valence-corrected chi connectivity index (χ1v) is 7.44. The van der Waals surface area contributed by atoms with Crippen molar-refractivity contribution >= 4 is 11.3 Å². The van der Waals surface area contributed by atoms with Gasteiger partial charge in [0.2, 0.25) is 5.89 Å². The van der Waals surface area contributed by atoms with Crippen LogP contribution in [0.4, 0.5) is 0 Å². The van der Waals surface area contributed by atoms with E-state index in [0.717, 1.165) is 5.69 Å². The summed E-state index contributed by atoms with van der Waals surface area (Å²) in [6.45, 7) is 8.88. The van der Waals surface area contributed by atoms with Gasteiger partial charge in [-0.3, -0.25) is 9.36 Å². The predicted molar refractivity (Wildman–Crippen MR) is 75.9 cm³/mol. The number of aryl methyl sites for hydroxylation is 1. The average molecular weight is 297 g/mol. The standard InChI is InChI=1S/C13H19N3O3S/c1-8(2)6-18-10(4)12-14-11(19-15-12)5-16-9(3)7-20-13(16)17/h7-8,10H,5-6H2,1-4H3/t10-/m1/s1. The molecule has 0 N–H and O–H groups in total. The van der Waals surface area contributed by atoms with Gasteiger partial charge in [0.1, 0.15) is 12.6 Å². The zero-order valence-electron chi connectivity index (χ0n) is 12.1. The van der Waals surface area contributed by atoms with Crippen LogP contribution < -0.4 is 4.87 Å². The van der Waals surface area contributed by atoms with E-state index in [1.807, 2.05) is 19.2 Å². The van der Waals surface area contributed by atoms with E-state index in [1.165, 1.54) is 11.3 Å². The molecular formula is C13H19N3O3S. The molecule has 7 heteroatoms. The molecule has 2 aromatic rings. The minimum Gasteiger partial charge on any atom is -0.370 e. The molecule has 2 aromatic heterocycles. The highest BCUT2D eigenvalue weighted by molar-refractivity contribution is 7.07. The molecule has 0 spiro atoms. The van der Waals surface area contributed by atoms with Crippen molar-refractivity contribution in [2.45, 2.75) is 40.3 Å². The van der Waals surface area contributed by atoms with Gasteiger partial charge in [0.05, 0.1) is 0 Å². The summed E-state index contributed by atoms with van der Waals surface area (Å²) in [4.78, 5) is 15.9. The summed E-state index contributed by atoms with van der Waals surface area (Å²) < 4.78 is 12.4. The lowest BCUT2D eigenvalue weighted by Gasteiger charge is -2.10. The van der Waals surface area contributed by atoms with Gasteiger partial charge in [-0.1, -0.05) is 30.3 Å². The fourth-order valence-corrected chi connectivity index (χ4v) is 2.37. The van der Waals surface area contributed by atoms with Crippen LogP contribution >= 0.6 is 11.3 Å². The van der Waals surface area contributed by atoms with Crippen LogP contribution in [0.3, 0.4) is 0 Å². The van der Waals surface area contributed by atoms with Gasteiger partial charge in [-0.15, -0.1) is 0 Å². The molecule has 0 unspecified atom stereocenters. The Hall–Kier alpha value is -1.47. The van der Waals surface area contributed by atoms with E-state index in [9.17, 15) is 4.79 Å². The van der Waals surface area contributed by atoms with Crippen molar-refractivity contribution in [3.63, 3.8) is 0 Å². The molecule has 0 radical (unpaired) electrons. The van der Waals surface area contributed by atoms with Crippen LogP contribution in [0.1, 0.15) is 44.3 Å². The maximum absolute atomic E-state index is 11.6. The molecule has 0 amide bonds. The first-order valence-electron chi connectivity index (χ1n) is 6.56. The largest absolute Gasteiger partial charge is 0.370 e. The van der Waals surface area contributed by atoms with Gasteiger partial charge in [0.25, 0.3) is 0 Å². The summed E-state index contributed by atoms with van der Waals surface area (Å²) in [6.07, 6.45) is -0.213. The predicted octanol–water partition coefficient (Wildman–Crippen LogP) is 2.38. The van der Waals surface area contributed by atoms with Crippen LogP contribution in [0.25, 0.3) is 0 Å². The monoisotopic (exact) mass is 297 g/mol.